The van der Waals surface area contributed by atoms with Gasteiger partial charge in [-0.1, -0.05) is 0 Å². The lowest BCUT2D eigenvalue weighted by atomic mass is 10.3. The van der Waals surface area contributed by atoms with Crippen LogP contribution in [-0.4, -0.2) is 86.0 Å². The summed E-state index contributed by atoms with van der Waals surface area (Å²) in [6.07, 6.45) is 0. The topological polar surface area (TPSA) is 53.1 Å². The second kappa shape index (κ2) is 8.12. The Bertz CT molecular complexity index is 298. The van der Waals surface area contributed by atoms with Gasteiger partial charge in [-0.3, -0.25) is 14.5 Å². The molecule has 0 aromatic carbocycles. The minimum absolute atomic E-state index is 0.0252. The van der Waals surface area contributed by atoms with Crippen molar-refractivity contribution < 1.29 is 14.3 Å². The molecule has 2 amide bonds. The number of carbonyl (C=O) groups is 2. The van der Waals surface area contributed by atoms with Gasteiger partial charge in [0.2, 0.25) is 11.8 Å². The lowest BCUT2D eigenvalue weighted by Crippen LogP contribution is -2.52. The van der Waals surface area contributed by atoms with Crippen molar-refractivity contribution in [2.45, 2.75) is 13.8 Å². The van der Waals surface area contributed by atoms with Crippen LogP contribution < -0.4 is 0 Å². The van der Waals surface area contributed by atoms with Crippen molar-refractivity contribution in [3.05, 3.63) is 0 Å². The van der Waals surface area contributed by atoms with Gasteiger partial charge in [-0.2, -0.15) is 0 Å². The fraction of sp³-hybridized carbons (Fsp3) is 0.846. The molecule has 0 aliphatic carbocycles. The molecule has 19 heavy (non-hydrogen) atoms. The number of piperazine rings is 1. The van der Waals surface area contributed by atoms with Crippen molar-refractivity contribution in [3.63, 3.8) is 0 Å². The number of amides is 2. The van der Waals surface area contributed by atoms with Gasteiger partial charge in [-0.15, -0.1) is 0 Å². The third-order valence-electron chi connectivity index (χ3n) is 3.47. The lowest BCUT2D eigenvalue weighted by Gasteiger charge is -2.35. The zero-order valence-electron chi connectivity index (χ0n) is 12.2. The Kier molecular flexibility index (Phi) is 6.80. The van der Waals surface area contributed by atoms with Crippen molar-refractivity contribution in [1.29, 1.82) is 0 Å². The van der Waals surface area contributed by atoms with E-state index < -0.39 is 0 Å². The van der Waals surface area contributed by atoms with Gasteiger partial charge < -0.3 is 14.5 Å². The normalized spacial score (nSPS) is 16.5. The third-order valence-corrected chi connectivity index (χ3v) is 3.47. The molecule has 1 aliphatic rings. The number of hydrogen-bond donors (Lipinski definition) is 0. The molecule has 0 aromatic heterocycles. The molecular weight excluding hydrogens is 246 g/mol. The number of ether oxygens (including phenoxy) is 1. The van der Waals surface area contributed by atoms with E-state index in [1.807, 2.05) is 18.7 Å². The Balaban J connectivity index is 2.34. The molecule has 1 saturated heterocycles. The smallest absolute Gasteiger partial charge is 0.248 e. The van der Waals surface area contributed by atoms with Crippen LogP contribution >= 0.6 is 0 Å². The van der Waals surface area contributed by atoms with Crippen LogP contribution in [-0.2, 0) is 14.3 Å². The predicted octanol–water partition coefficient (Wildman–Crippen LogP) is -0.355. The van der Waals surface area contributed by atoms with E-state index in [1.54, 1.807) is 4.90 Å². The summed E-state index contributed by atoms with van der Waals surface area (Å²) in [6.45, 7) is 8.92. The molecule has 0 aromatic rings. The maximum atomic E-state index is 12.0. The van der Waals surface area contributed by atoms with Gasteiger partial charge in [0.25, 0.3) is 0 Å². The van der Waals surface area contributed by atoms with Crippen LogP contribution in [0.2, 0.25) is 0 Å². The summed E-state index contributed by atoms with van der Waals surface area (Å²) in [7, 11) is 1.52. The Morgan fingerprint density at radius 1 is 1.11 bits per heavy atom. The van der Waals surface area contributed by atoms with Gasteiger partial charge in [-0.05, 0) is 13.8 Å². The Morgan fingerprint density at radius 2 is 1.68 bits per heavy atom. The molecule has 6 nitrogen and oxygen atoms in total. The summed E-state index contributed by atoms with van der Waals surface area (Å²) in [5.41, 5.74) is 0. The van der Waals surface area contributed by atoms with Crippen LogP contribution in [0.1, 0.15) is 13.8 Å². The Morgan fingerprint density at radius 3 is 2.16 bits per heavy atom. The van der Waals surface area contributed by atoms with Crippen molar-refractivity contribution in [2.24, 2.45) is 0 Å². The first kappa shape index (κ1) is 15.9. The highest BCUT2D eigenvalue weighted by atomic mass is 16.5. The summed E-state index contributed by atoms with van der Waals surface area (Å²) in [5.74, 6) is 0.193. The minimum Gasteiger partial charge on any atom is -0.375 e. The number of rotatable bonds is 6. The minimum atomic E-state index is 0.0252. The van der Waals surface area contributed by atoms with Gasteiger partial charge in [0.1, 0.15) is 6.61 Å². The monoisotopic (exact) mass is 271 g/mol. The van der Waals surface area contributed by atoms with Crippen molar-refractivity contribution in [1.82, 2.24) is 14.7 Å². The maximum absolute atomic E-state index is 12.0. The molecule has 0 spiro atoms. The molecule has 1 aliphatic heterocycles. The molecule has 6 heteroatoms. The molecule has 0 radical (unpaired) electrons. The number of carbonyl (C=O) groups excluding carboxylic acids is 2. The average Bonchev–Trinajstić information content (AvgIpc) is 2.41. The second-order valence-electron chi connectivity index (χ2n) is 4.66. The molecule has 0 atom stereocenters. The lowest BCUT2D eigenvalue weighted by molar-refractivity contribution is -0.137. The van der Waals surface area contributed by atoms with Crippen LogP contribution in [0.4, 0.5) is 0 Å². The molecule has 1 rings (SSSR count). The zero-order chi connectivity index (χ0) is 14.3. The fourth-order valence-electron chi connectivity index (χ4n) is 2.24. The van der Waals surface area contributed by atoms with Crippen molar-refractivity contribution in [2.75, 3.05) is 59.5 Å². The van der Waals surface area contributed by atoms with Crippen LogP contribution in [0, 0.1) is 0 Å². The predicted molar refractivity (Wildman–Crippen MR) is 72.8 cm³/mol. The molecule has 1 heterocycles. The van der Waals surface area contributed by atoms with E-state index in [0.717, 1.165) is 26.2 Å². The van der Waals surface area contributed by atoms with Crippen LogP contribution in [0.25, 0.3) is 0 Å². The second-order valence-corrected chi connectivity index (χ2v) is 4.66. The van der Waals surface area contributed by atoms with E-state index in [0.29, 0.717) is 19.6 Å². The number of hydrogen-bond acceptors (Lipinski definition) is 4. The summed E-state index contributed by atoms with van der Waals surface area (Å²) in [6, 6.07) is 0. The SMILES string of the molecule is CCN(CC)C(=O)CN1CCN(C(=O)COC)CC1. The fourth-order valence-corrected chi connectivity index (χ4v) is 2.24. The van der Waals surface area contributed by atoms with E-state index >= 15 is 0 Å². The van der Waals surface area contributed by atoms with E-state index in [1.165, 1.54) is 7.11 Å². The first-order valence-corrected chi connectivity index (χ1v) is 6.89. The quantitative estimate of drug-likeness (QED) is 0.662. The van der Waals surface area contributed by atoms with Gasteiger partial charge in [0, 0.05) is 46.4 Å². The van der Waals surface area contributed by atoms with E-state index in [-0.39, 0.29) is 18.4 Å². The molecule has 0 N–H and O–H groups in total. The summed E-state index contributed by atoms with van der Waals surface area (Å²) < 4.78 is 4.84. The highest BCUT2D eigenvalue weighted by Gasteiger charge is 2.23. The molecule has 110 valence electrons. The van der Waals surface area contributed by atoms with Gasteiger partial charge in [0.15, 0.2) is 0 Å². The van der Waals surface area contributed by atoms with Crippen LogP contribution in [0.3, 0.4) is 0 Å². The summed E-state index contributed by atoms with van der Waals surface area (Å²) in [4.78, 5) is 29.3. The highest BCUT2D eigenvalue weighted by molar-refractivity contribution is 5.79. The standard InChI is InChI=1S/C13H25N3O3/c1-4-15(5-2)12(17)10-14-6-8-16(9-7-14)13(18)11-19-3/h4-11H2,1-3H3. The van der Waals surface area contributed by atoms with E-state index in [4.69, 9.17) is 4.74 Å². The summed E-state index contributed by atoms with van der Waals surface area (Å²) in [5, 5.41) is 0. The van der Waals surface area contributed by atoms with E-state index in [9.17, 15) is 9.59 Å². The molecular formula is C13H25N3O3. The summed E-state index contributed by atoms with van der Waals surface area (Å²) >= 11 is 0. The highest BCUT2D eigenvalue weighted by Crippen LogP contribution is 2.03. The molecule has 0 bridgehead atoms. The van der Waals surface area contributed by atoms with Crippen LogP contribution in [0.15, 0.2) is 0 Å². The number of methoxy groups -OCH3 is 1. The first-order chi connectivity index (χ1) is 9.12. The van der Waals surface area contributed by atoms with Gasteiger partial charge >= 0.3 is 0 Å². The largest absolute Gasteiger partial charge is 0.375 e. The molecule has 0 unspecified atom stereocenters. The third kappa shape index (κ3) is 4.80. The zero-order valence-corrected chi connectivity index (χ0v) is 12.2. The number of nitrogens with zero attached hydrogens (tertiary/aromatic N) is 3. The first-order valence-electron chi connectivity index (χ1n) is 6.89. The maximum Gasteiger partial charge on any atom is 0.248 e. The average molecular weight is 271 g/mol. The van der Waals surface area contributed by atoms with Gasteiger partial charge in [0.05, 0.1) is 6.54 Å². The number of likely N-dealkylation sites (N-methyl/N-ethyl adjacent to an activating group) is 1. The van der Waals surface area contributed by atoms with Crippen LogP contribution in [0.5, 0.6) is 0 Å². The molecule has 1 fully saturated rings. The van der Waals surface area contributed by atoms with Gasteiger partial charge in [-0.25, -0.2) is 0 Å². The Hall–Kier alpha value is -1.14. The molecule has 0 saturated carbocycles. The van der Waals surface area contributed by atoms with Crippen molar-refractivity contribution in [3.8, 4) is 0 Å². The Labute approximate surface area is 115 Å². The van der Waals surface area contributed by atoms with Crippen molar-refractivity contribution >= 4 is 11.8 Å². The van der Waals surface area contributed by atoms with E-state index in [2.05, 4.69) is 4.90 Å².